The second-order valence-electron chi connectivity index (χ2n) is 6.72. The number of hydrogen-bond acceptors (Lipinski definition) is 7. The smallest absolute Gasteiger partial charge is 0.190 e. The Bertz CT molecular complexity index is 757. The Kier molecular flexibility index (Phi) is 4.45. The highest BCUT2D eigenvalue weighted by molar-refractivity contribution is 7.98. The van der Waals surface area contributed by atoms with Gasteiger partial charge in [0.15, 0.2) is 5.16 Å². The van der Waals surface area contributed by atoms with E-state index < -0.39 is 0 Å². The zero-order valence-corrected chi connectivity index (χ0v) is 16.1. The third-order valence-electron chi connectivity index (χ3n) is 5.14. The SMILES string of the molecule is CC[C@@]1(C)Cc2c(sc3nc(SC)nc(N4CCNCC4)c23)CO1. The molecule has 0 spiro atoms. The van der Waals surface area contributed by atoms with Crippen molar-refractivity contribution in [1.82, 2.24) is 15.3 Å². The average molecular weight is 365 g/mol. The molecule has 2 aromatic heterocycles. The number of nitrogens with zero attached hydrogens (tertiary/aromatic N) is 3. The van der Waals surface area contributed by atoms with Crippen molar-refractivity contribution in [1.29, 1.82) is 0 Å². The molecule has 0 aliphatic carbocycles. The van der Waals surface area contributed by atoms with Crippen LogP contribution >= 0.6 is 23.1 Å². The number of piperazine rings is 1. The molecule has 4 heterocycles. The van der Waals surface area contributed by atoms with Crippen LogP contribution in [0.5, 0.6) is 0 Å². The lowest BCUT2D eigenvalue weighted by Crippen LogP contribution is -2.44. The van der Waals surface area contributed by atoms with Crippen LogP contribution in [0.15, 0.2) is 5.16 Å². The summed E-state index contributed by atoms with van der Waals surface area (Å²) in [6, 6.07) is 0. The molecule has 5 nitrogen and oxygen atoms in total. The summed E-state index contributed by atoms with van der Waals surface area (Å²) in [6.45, 7) is 9.18. The van der Waals surface area contributed by atoms with Crippen LogP contribution in [0.1, 0.15) is 30.7 Å². The summed E-state index contributed by atoms with van der Waals surface area (Å²) < 4.78 is 6.15. The van der Waals surface area contributed by atoms with E-state index in [2.05, 4.69) is 24.1 Å². The van der Waals surface area contributed by atoms with Crippen molar-refractivity contribution in [3.63, 3.8) is 0 Å². The Morgan fingerprint density at radius 1 is 1.33 bits per heavy atom. The van der Waals surface area contributed by atoms with Gasteiger partial charge in [-0.15, -0.1) is 11.3 Å². The van der Waals surface area contributed by atoms with E-state index in [-0.39, 0.29) is 5.60 Å². The number of aromatic nitrogens is 2. The number of hydrogen-bond donors (Lipinski definition) is 1. The molecule has 1 fully saturated rings. The fraction of sp³-hybridized carbons (Fsp3) is 0.647. The third kappa shape index (κ3) is 2.81. The third-order valence-corrected chi connectivity index (χ3v) is 6.79. The van der Waals surface area contributed by atoms with E-state index in [0.29, 0.717) is 6.61 Å². The van der Waals surface area contributed by atoms with Crippen LogP contribution in [0.2, 0.25) is 0 Å². The van der Waals surface area contributed by atoms with E-state index in [0.717, 1.165) is 54.8 Å². The van der Waals surface area contributed by atoms with E-state index >= 15 is 0 Å². The molecule has 2 aliphatic heterocycles. The topological polar surface area (TPSA) is 50.3 Å². The molecule has 2 aliphatic rings. The lowest BCUT2D eigenvalue weighted by molar-refractivity contribution is -0.0543. The van der Waals surface area contributed by atoms with Crippen LogP contribution in [0.3, 0.4) is 0 Å². The maximum Gasteiger partial charge on any atom is 0.190 e. The second-order valence-corrected chi connectivity index (χ2v) is 8.58. The molecule has 130 valence electrons. The predicted molar refractivity (Wildman–Crippen MR) is 101 cm³/mol. The number of nitrogens with one attached hydrogen (secondary N) is 1. The first-order valence-corrected chi connectivity index (χ1v) is 10.6. The largest absolute Gasteiger partial charge is 0.369 e. The number of thioether (sulfide) groups is 1. The van der Waals surface area contributed by atoms with Crippen molar-refractivity contribution in [3.05, 3.63) is 10.4 Å². The summed E-state index contributed by atoms with van der Waals surface area (Å²) in [5.74, 6) is 1.13. The summed E-state index contributed by atoms with van der Waals surface area (Å²) >= 11 is 3.41. The first-order valence-electron chi connectivity index (χ1n) is 8.59. The van der Waals surface area contributed by atoms with Crippen LogP contribution in [0.25, 0.3) is 10.2 Å². The minimum Gasteiger partial charge on any atom is -0.369 e. The summed E-state index contributed by atoms with van der Waals surface area (Å²) in [7, 11) is 0. The number of fused-ring (bicyclic) bond motifs is 3. The van der Waals surface area contributed by atoms with Gasteiger partial charge in [0.05, 0.1) is 17.6 Å². The Morgan fingerprint density at radius 2 is 2.12 bits per heavy atom. The molecular weight excluding hydrogens is 340 g/mol. The molecule has 7 heteroatoms. The molecule has 24 heavy (non-hydrogen) atoms. The molecule has 1 atom stereocenters. The summed E-state index contributed by atoms with van der Waals surface area (Å²) in [6.07, 6.45) is 4.03. The highest BCUT2D eigenvalue weighted by Gasteiger charge is 2.34. The minimum absolute atomic E-state index is 0.0695. The van der Waals surface area contributed by atoms with Crippen molar-refractivity contribution in [3.8, 4) is 0 Å². The molecule has 0 aromatic carbocycles. The van der Waals surface area contributed by atoms with Gasteiger partial charge in [0.2, 0.25) is 0 Å². The molecule has 0 unspecified atom stereocenters. The molecule has 0 bridgehead atoms. The number of thiophene rings is 1. The van der Waals surface area contributed by atoms with Crippen LogP contribution in [-0.2, 0) is 17.8 Å². The predicted octanol–water partition coefficient (Wildman–Crippen LogP) is 3.06. The monoisotopic (exact) mass is 364 g/mol. The Morgan fingerprint density at radius 3 is 2.83 bits per heavy atom. The number of rotatable bonds is 3. The lowest BCUT2D eigenvalue weighted by atomic mass is 9.90. The summed E-state index contributed by atoms with van der Waals surface area (Å²) in [5.41, 5.74) is 1.35. The van der Waals surface area contributed by atoms with E-state index in [1.807, 2.05) is 6.26 Å². The lowest BCUT2D eigenvalue weighted by Gasteiger charge is -2.34. The van der Waals surface area contributed by atoms with Gasteiger partial charge in [0, 0.05) is 37.5 Å². The fourth-order valence-corrected chi connectivity index (χ4v) is 4.97. The summed E-state index contributed by atoms with van der Waals surface area (Å²) in [5, 5.41) is 5.58. The Balaban J connectivity index is 1.88. The highest BCUT2D eigenvalue weighted by atomic mass is 32.2. The zero-order valence-electron chi connectivity index (χ0n) is 14.5. The van der Waals surface area contributed by atoms with Crippen molar-refractivity contribution in [2.75, 3.05) is 37.3 Å². The van der Waals surface area contributed by atoms with Crippen LogP contribution < -0.4 is 10.2 Å². The maximum absolute atomic E-state index is 6.15. The first kappa shape index (κ1) is 16.6. The molecule has 0 saturated carbocycles. The van der Waals surface area contributed by atoms with Gasteiger partial charge >= 0.3 is 0 Å². The fourth-order valence-electron chi connectivity index (χ4n) is 3.46. The number of ether oxygens (including phenoxy) is 1. The standard InChI is InChI=1S/C17H24N4OS2/c1-4-17(2)9-11-12(10-22-17)24-15-13(11)14(19-16(20-15)23-3)21-7-5-18-6-8-21/h18H,4-10H2,1-3H3/t17-/m0/s1. The molecule has 4 rings (SSSR count). The highest BCUT2D eigenvalue weighted by Crippen LogP contribution is 2.43. The quantitative estimate of drug-likeness (QED) is 0.667. The van der Waals surface area contributed by atoms with Gasteiger partial charge in [-0.25, -0.2) is 9.97 Å². The van der Waals surface area contributed by atoms with Crippen molar-refractivity contribution < 1.29 is 4.74 Å². The molecular formula is C17H24N4OS2. The molecule has 0 radical (unpaired) electrons. The van der Waals surface area contributed by atoms with Gasteiger partial charge in [0.25, 0.3) is 0 Å². The average Bonchev–Trinajstić information content (AvgIpc) is 2.99. The normalized spacial score (nSPS) is 24.4. The zero-order chi connectivity index (χ0) is 16.7. The first-order chi connectivity index (χ1) is 11.6. The molecule has 1 saturated heterocycles. The van der Waals surface area contributed by atoms with E-state index in [1.54, 1.807) is 23.1 Å². The minimum atomic E-state index is -0.0695. The van der Waals surface area contributed by atoms with Crippen LogP contribution in [0, 0.1) is 0 Å². The molecule has 2 aromatic rings. The van der Waals surface area contributed by atoms with E-state index in [4.69, 9.17) is 14.7 Å². The van der Waals surface area contributed by atoms with Gasteiger partial charge in [-0.1, -0.05) is 18.7 Å². The van der Waals surface area contributed by atoms with Crippen molar-refractivity contribution in [2.24, 2.45) is 0 Å². The Labute approximate surface area is 151 Å². The van der Waals surface area contributed by atoms with Crippen LogP contribution in [-0.4, -0.2) is 48.0 Å². The van der Waals surface area contributed by atoms with Crippen LogP contribution in [0.4, 0.5) is 5.82 Å². The van der Waals surface area contributed by atoms with Gasteiger partial charge in [-0.3, -0.25) is 0 Å². The molecule has 0 amide bonds. The van der Waals surface area contributed by atoms with Gasteiger partial charge < -0.3 is 15.0 Å². The van der Waals surface area contributed by atoms with Gasteiger partial charge in [0.1, 0.15) is 10.6 Å². The maximum atomic E-state index is 6.15. The van der Waals surface area contributed by atoms with Crippen molar-refractivity contribution >= 4 is 39.1 Å². The summed E-state index contributed by atoms with van der Waals surface area (Å²) in [4.78, 5) is 14.6. The van der Waals surface area contributed by atoms with E-state index in [9.17, 15) is 0 Å². The van der Waals surface area contributed by atoms with Gasteiger partial charge in [-0.2, -0.15) is 0 Å². The second kappa shape index (κ2) is 6.44. The number of anilines is 1. The van der Waals surface area contributed by atoms with E-state index in [1.165, 1.54) is 15.8 Å². The Hall–Kier alpha value is -0.890. The van der Waals surface area contributed by atoms with Crippen molar-refractivity contribution in [2.45, 2.75) is 44.1 Å². The van der Waals surface area contributed by atoms with Gasteiger partial charge in [-0.05, 0) is 25.2 Å². The molecule has 1 N–H and O–H groups in total.